The Morgan fingerprint density at radius 1 is 1.03 bits per heavy atom. The Morgan fingerprint density at radius 2 is 1.59 bits per heavy atom. The van der Waals surface area contributed by atoms with Crippen LogP contribution < -0.4 is 0 Å². The maximum atomic E-state index is 12.5. The van der Waals surface area contributed by atoms with Gasteiger partial charge in [0.15, 0.2) is 0 Å². The summed E-state index contributed by atoms with van der Waals surface area (Å²) in [5.74, 6) is -5.22. The number of thiazole rings is 1. The van der Waals surface area contributed by atoms with Crippen molar-refractivity contribution in [3.63, 3.8) is 0 Å². The fourth-order valence-electron chi connectivity index (χ4n) is 4.17. The molecule has 2 N–H and O–H groups in total. The standard InChI is InChI=1S/C19H24N4OS.2C2HF3O2/c1-15-21-17(14-25-15)13-23-18(24)4-5-19(23)6-9-22(10-7-19)12-16-3-2-8-20-11-16;2*3-2(4,5)1(6)7/h2-3,8,11,14H,4-7,9-10,12-13H2,1H3;2*(H,6,7). The SMILES string of the molecule is Cc1nc(CN2C(=O)CCC23CCN(Cc2cccnc2)CC3)cs1.O=C(O)C(F)(F)F.O=C(O)C(F)(F)F. The molecule has 2 aromatic heterocycles. The van der Waals surface area contributed by atoms with Crippen molar-refractivity contribution in [1.29, 1.82) is 0 Å². The number of rotatable bonds is 4. The van der Waals surface area contributed by atoms with Gasteiger partial charge in [0.25, 0.3) is 0 Å². The van der Waals surface area contributed by atoms with Gasteiger partial charge in [0.2, 0.25) is 5.91 Å². The number of pyridine rings is 1. The molecule has 2 fully saturated rings. The zero-order valence-corrected chi connectivity index (χ0v) is 21.4. The molecule has 2 aliphatic rings. The molecule has 0 atom stereocenters. The Hall–Kier alpha value is -3.27. The number of hydrogen-bond donors (Lipinski definition) is 2. The van der Waals surface area contributed by atoms with Gasteiger partial charge in [-0.1, -0.05) is 6.07 Å². The number of aryl methyl sites for hydroxylation is 1. The van der Waals surface area contributed by atoms with E-state index in [4.69, 9.17) is 19.8 Å². The summed E-state index contributed by atoms with van der Waals surface area (Å²) in [6.45, 7) is 5.71. The van der Waals surface area contributed by atoms with Crippen molar-refractivity contribution in [3.05, 3.63) is 46.2 Å². The normalized spacial score (nSPS) is 17.2. The average molecular weight is 585 g/mol. The molecule has 0 aromatic carbocycles. The van der Waals surface area contributed by atoms with Crippen molar-refractivity contribution in [3.8, 4) is 0 Å². The molecule has 0 radical (unpaired) electrons. The van der Waals surface area contributed by atoms with Gasteiger partial charge < -0.3 is 15.1 Å². The number of halogens is 6. The smallest absolute Gasteiger partial charge is 0.475 e. The Morgan fingerprint density at radius 3 is 2.03 bits per heavy atom. The van der Waals surface area contributed by atoms with Crippen LogP contribution in [0.1, 0.15) is 41.9 Å². The van der Waals surface area contributed by atoms with Crippen molar-refractivity contribution in [1.82, 2.24) is 19.8 Å². The summed E-state index contributed by atoms with van der Waals surface area (Å²) in [5, 5.41) is 17.4. The number of carboxylic acids is 2. The molecule has 9 nitrogen and oxygen atoms in total. The van der Waals surface area contributed by atoms with Crippen LogP contribution in [-0.2, 0) is 27.5 Å². The maximum absolute atomic E-state index is 12.5. The third kappa shape index (κ3) is 9.76. The Bertz CT molecular complexity index is 1090. The van der Waals surface area contributed by atoms with E-state index in [0.29, 0.717) is 18.9 Å². The molecule has 39 heavy (non-hydrogen) atoms. The molecule has 2 aliphatic heterocycles. The average Bonchev–Trinajstić information content (AvgIpc) is 3.39. The van der Waals surface area contributed by atoms with E-state index in [1.165, 1.54) is 5.56 Å². The first kappa shape index (κ1) is 31.9. The number of aromatic nitrogens is 2. The number of hydrogen-bond acceptors (Lipinski definition) is 7. The third-order valence-corrected chi connectivity index (χ3v) is 6.89. The number of carboxylic acid groups (broad SMARTS) is 2. The molecule has 1 amide bonds. The summed E-state index contributed by atoms with van der Waals surface area (Å²) >= 11 is 1.66. The van der Waals surface area contributed by atoms with Gasteiger partial charge in [-0.3, -0.25) is 14.7 Å². The third-order valence-electron chi connectivity index (χ3n) is 6.07. The van der Waals surface area contributed by atoms with E-state index in [1.54, 1.807) is 11.3 Å². The van der Waals surface area contributed by atoms with Crippen molar-refractivity contribution >= 4 is 29.2 Å². The predicted molar refractivity (Wildman–Crippen MR) is 125 cm³/mol. The van der Waals surface area contributed by atoms with Crippen molar-refractivity contribution in [2.75, 3.05) is 13.1 Å². The van der Waals surface area contributed by atoms with Crippen molar-refractivity contribution < 1.29 is 50.9 Å². The molecule has 0 saturated carbocycles. The van der Waals surface area contributed by atoms with Gasteiger partial charge in [-0.15, -0.1) is 11.3 Å². The van der Waals surface area contributed by atoms with Crippen LogP contribution in [-0.4, -0.2) is 78.8 Å². The van der Waals surface area contributed by atoms with Crippen LogP contribution in [0.25, 0.3) is 0 Å². The lowest BCUT2D eigenvalue weighted by Crippen LogP contribution is -2.52. The minimum Gasteiger partial charge on any atom is -0.475 e. The van der Waals surface area contributed by atoms with Gasteiger partial charge in [-0.25, -0.2) is 14.6 Å². The molecule has 2 saturated heterocycles. The maximum Gasteiger partial charge on any atom is 0.490 e. The number of amides is 1. The summed E-state index contributed by atoms with van der Waals surface area (Å²) in [4.78, 5) is 43.7. The fraction of sp³-hybridized carbons (Fsp3) is 0.522. The minimum absolute atomic E-state index is 0.0417. The van der Waals surface area contributed by atoms with Crippen LogP contribution in [0.2, 0.25) is 0 Å². The number of aliphatic carboxylic acids is 2. The molecule has 4 heterocycles. The Balaban J connectivity index is 0.000000317. The van der Waals surface area contributed by atoms with E-state index in [0.717, 1.165) is 49.6 Å². The monoisotopic (exact) mass is 584 g/mol. The highest BCUT2D eigenvalue weighted by atomic mass is 32.1. The van der Waals surface area contributed by atoms with E-state index in [1.807, 2.05) is 25.4 Å². The summed E-state index contributed by atoms with van der Waals surface area (Å²) < 4.78 is 63.5. The number of carbonyl (C=O) groups excluding carboxylic acids is 1. The van der Waals surface area contributed by atoms with Crippen LogP contribution in [0, 0.1) is 6.92 Å². The summed E-state index contributed by atoms with van der Waals surface area (Å²) in [6, 6.07) is 4.13. The van der Waals surface area contributed by atoms with Gasteiger partial charge in [0.05, 0.1) is 17.2 Å². The minimum atomic E-state index is -5.08. The van der Waals surface area contributed by atoms with E-state index < -0.39 is 24.3 Å². The number of nitrogens with zero attached hydrogens (tertiary/aromatic N) is 4. The second kappa shape index (κ2) is 13.2. The molecule has 1 spiro atoms. The number of carbonyl (C=O) groups is 3. The lowest BCUT2D eigenvalue weighted by Gasteiger charge is -2.45. The second-order valence-electron chi connectivity index (χ2n) is 8.81. The molecule has 16 heteroatoms. The second-order valence-corrected chi connectivity index (χ2v) is 9.87. The Kier molecular flexibility index (Phi) is 10.8. The molecule has 0 bridgehead atoms. The molecule has 0 unspecified atom stereocenters. The predicted octanol–water partition coefficient (Wildman–Crippen LogP) is 4.27. The number of piperidine rings is 1. The zero-order chi connectivity index (χ0) is 29.4. The van der Waals surface area contributed by atoms with Crippen LogP contribution >= 0.6 is 11.3 Å². The molecule has 2 aromatic rings. The lowest BCUT2D eigenvalue weighted by molar-refractivity contribution is -0.193. The quantitative estimate of drug-likeness (QED) is 0.511. The molecule has 216 valence electrons. The lowest BCUT2D eigenvalue weighted by atomic mass is 9.84. The highest BCUT2D eigenvalue weighted by molar-refractivity contribution is 7.09. The van der Waals surface area contributed by atoms with Gasteiger partial charge in [-0.2, -0.15) is 26.3 Å². The summed E-state index contributed by atoms with van der Waals surface area (Å²) in [7, 11) is 0. The van der Waals surface area contributed by atoms with Gasteiger partial charge in [0.1, 0.15) is 0 Å². The number of likely N-dealkylation sites (tertiary alicyclic amines) is 2. The van der Waals surface area contributed by atoms with E-state index in [9.17, 15) is 31.1 Å². The first-order valence-corrected chi connectivity index (χ1v) is 12.3. The fourth-order valence-corrected chi connectivity index (χ4v) is 4.77. The molecule has 0 aliphatic carbocycles. The summed E-state index contributed by atoms with van der Waals surface area (Å²) in [6.07, 6.45) is -2.61. The molecule has 4 rings (SSSR count). The van der Waals surface area contributed by atoms with E-state index >= 15 is 0 Å². The van der Waals surface area contributed by atoms with E-state index in [2.05, 4.69) is 31.2 Å². The van der Waals surface area contributed by atoms with Crippen LogP contribution in [0.15, 0.2) is 29.9 Å². The highest BCUT2D eigenvalue weighted by Crippen LogP contribution is 2.40. The first-order valence-electron chi connectivity index (χ1n) is 11.5. The van der Waals surface area contributed by atoms with E-state index in [-0.39, 0.29) is 5.54 Å². The molecular formula is C23H26F6N4O5S. The summed E-state index contributed by atoms with van der Waals surface area (Å²) in [5.41, 5.74) is 2.34. The van der Waals surface area contributed by atoms with Crippen molar-refractivity contribution in [2.45, 2.75) is 63.6 Å². The molecular weight excluding hydrogens is 558 g/mol. The van der Waals surface area contributed by atoms with Gasteiger partial charge in [0, 0.05) is 49.4 Å². The highest BCUT2D eigenvalue weighted by Gasteiger charge is 2.47. The number of alkyl halides is 6. The van der Waals surface area contributed by atoms with Crippen LogP contribution in [0.4, 0.5) is 26.3 Å². The topological polar surface area (TPSA) is 124 Å². The van der Waals surface area contributed by atoms with Crippen LogP contribution in [0.3, 0.4) is 0 Å². The van der Waals surface area contributed by atoms with Gasteiger partial charge >= 0.3 is 24.3 Å². The largest absolute Gasteiger partial charge is 0.490 e. The Labute approximate surface area is 223 Å². The van der Waals surface area contributed by atoms with Crippen LogP contribution in [0.5, 0.6) is 0 Å². The van der Waals surface area contributed by atoms with Gasteiger partial charge in [-0.05, 0) is 37.8 Å². The van der Waals surface area contributed by atoms with Crippen molar-refractivity contribution in [2.24, 2.45) is 0 Å². The zero-order valence-electron chi connectivity index (χ0n) is 20.6. The first-order chi connectivity index (χ1) is 18.0.